The van der Waals surface area contributed by atoms with Crippen LogP contribution in [0.2, 0.25) is 0 Å². The molecule has 7 heteroatoms. The number of carbonyl (C=O) groups excluding carboxylic acids is 1. The standard InChI is InChI=1S/C23H27N5O2/c1-23-14-16(2-5-17(23)8-9-26-23)22-27-19(21(24)29)20(30-22)15-3-6-18(7-4-15)28-12-10-25-11-13-28/h2-7,25-26H,8-14H2,1H3,(H2,24,29). The number of oxazole rings is 1. The average molecular weight is 406 g/mol. The van der Waals surface area contributed by atoms with E-state index in [1.165, 1.54) is 5.57 Å². The molecule has 2 aromatic rings. The van der Waals surface area contributed by atoms with E-state index in [-0.39, 0.29) is 11.2 Å². The predicted octanol–water partition coefficient (Wildman–Crippen LogP) is 2.32. The number of fused-ring (bicyclic) bond motifs is 1. The lowest BCUT2D eigenvalue weighted by atomic mass is 9.82. The zero-order valence-electron chi connectivity index (χ0n) is 17.2. The Morgan fingerprint density at radius 1 is 1.17 bits per heavy atom. The molecule has 1 aromatic carbocycles. The summed E-state index contributed by atoms with van der Waals surface area (Å²) in [6, 6.07) is 8.07. The molecule has 2 fully saturated rings. The molecule has 1 aromatic heterocycles. The van der Waals surface area contributed by atoms with Crippen LogP contribution in [0, 0.1) is 0 Å². The molecule has 1 atom stereocenters. The van der Waals surface area contributed by atoms with Crippen molar-refractivity contribution in [3.8, 4) is 11.3 Å². The summed E-state index contributed by atoms with van der Waals surface area (Å²) in [6.45, 7) is 7.11. The maximum atomic E-state index is 12.1. The van der Waals surface area contributed by atoms with Crippen LogP contribution < -0.4 is 21.3 Å². The van der Waals surface area contributed by atoms with Gasteiger partial charge in [-0.2, -0.15) is 0 Å². The van der Waals surface area contributed by atoms with E-state index in [0.29, 0.717) is 11.7 Å². The van der Waals surface area contributed by atoms with E-state index in [0.717, 1.165) is 62.4 Å². The first kappa shape index (κ1) is 19.1. The molecule has 156 valence electrons. The summed E-state index contributed by atoms with van der Waals surface area (Å²) in [6.07, 6.45) is 6.04. The molecule has 0 bridgehead atoms. The SMILES string of the molecule is CC12CC(c3nc(C(N)=O)c(-c4ccc(N5CCNCC5)cc4)o3)=CC=C1CCN2. The second-order valence-electron chi connectivity index (χ2n) is 8.41. The molecular formula is C23H27N5O2. The minimum absolute atomic E-state index is 0.0729. The van der Waals surface area contributed by atoms with Gasteiger partial charge in [-0.3, -0.25) is 4.79 Å². The zero-order valence-corrected chi connectivity index (χ0v) is 17.2. The van der Waals surface area contributed by atoms with Crippen molar-refractivity contribution < 1.29 is 9.21 Å². The number of hydrogen-bond donors (Lipinski definition) is 3. The topological polar surface area (TPSA) is 96.4 Å². The highest BCUT2D eigenvalue weighted by Gasteiger charge is 2.37. The van der Waals surface area contributed by atoms with E-state index in [4.69, 9.17) is 10.2 Å². The van der Waals surface area contributed by atoms with Crippen molar-refractivity contribution in [2.75, 3.05) is 37.6 Å². The molecule has 1 unspecified atom stereocenters. The molecule has 3 aliphatic rings. The lowest BCUT2D eigenvalue weighted by molar-refractivity contribution is 0.0996. The first-order valence-corrected chi connectivity index (χ1v) is 10.6. The fourth-order valence-corrected chi connectivity index (χ4v) is 4.66. The van der Waals surface area contributed by atoms with E-state index in [2.05, 4.69) is 51.7 Å². The third-order valence-corrected chi connectivity index (χ3v) is 6.39. The monoisotopic (exact) mass is 405 g/mol. The first-order valence-electron chi connectivity index (χ1n) is 10.6. The number of rotatable bonds is 4. The Labute approximate surface area is 176 Å². The smallest absolute Gasteiger partial charge is 0.271 e. The number of nitrogens with zero attached hydrogens (tertiary/aromatic N) is 2. The van der Waals surface area contributed by atoms with Crippen molar-refractivity contribution in [1.82, 2.24) is 15.6 Å². The molecule has 4 N–H and O–H groups in total. The quantitative estimate of drug-likeness (QED) is 0.722. The van der Waals surface area contributed by atoms with Gasteiger partial charge in [-0.05, 0) is 56.1 Å². The molecule has 3 heterocycles. The minimum atomic E-state index is -0.580. The fourth-order valence-electron chi connectivity index (χ4n) is 4.66. The molecule has 0 spiro atoms. The van der Waals surface area contributed by atoms with Gasteiger partial charge in [0.25, 0.3) is 5.91 Å². The summed E-state index contributed by atoms with van der Waals surface area (Å²) in [5, 5.41) is 6.93. The van der Waals surface area contributed by atoms with Gasteiger partial charge in [0, 0.05) is 48.5 Å². The van der Waals surface area contributed by atoms with Crippen LogP contribution >= 0.6 is 0 Å². The van der Waals surface area contributed by atoms with Crippen LogP contribution in [0.25, 0.3) is 16.9 Å². The van der Waals surface area contributed by atoms with E-state index in [9.17, 15) is 4.79 Å². The van der Waals surface area contributed by atoms with Crippen LogP contribution in [0.4, 0.5) is 5.69 Å². The van der Waals surface area contributed by atoms with E-state index < -0.39 is 5.91 Å². The minimum Gasteiger partial charge on any atom is -0.436 e. The van der Waals surface area contributed by atoms with Gasteiger partial charge in [0.15, 0.2) is 11.5 Å². The number of carbonyl (C=O) groups is 1. The third kappa shape index (κ3) is 3.34. The summed E-state index contributed by atoms with van der Waals surface area (Å²) in [5.74, 6) is 0.323. The van der Waals surface area contributed by atoms with Gasteiger partial charge in [0.2, 0.25) is 5.89 Å². The Bertz CT molecular complexity index is 1030. The highest BCUT2D eigenvalue weighted by Crippen LogP contribution is 2.39. The molecule has 0 radical (unpaired) electrons. The van der Waals surface area contributed by atoms with Crippen molar-refractivity contribution in [2.24, 2.45) is 5.73 Å². The number of primary amides is 1. The van der Waals surface area contributed by atoms with E-state index >= 15 is 0 Å². The first-order chi connectivity index (χ1) is 14.5. The highest BCUT2D eigenvalue weighted by molar-refractivity contribution is 5.97. The Balaban J connectivity index is 1.46. The van der Waals surface area contributed by atoms with Gasteiger partial charge in [-0.15, -0.1) is 0 Å². The van der Waals surface area contributed by atoms with Crippen molar-refractivity contribution in [3.05, 3.63) is 53.6 Å². The summed E-state index contributed by atoms with van der Waals surface area (Å²) >= 11 is 0. The Morgan fingerprint density at radius 3 is 2.67 bits per heavy atom. The molecule has 1 aliphatic carbocycles. The lowest BCUT2D eigenvalue weighted by Crippen LogP contribution is -2.43. The molecule has 0 saturated carbocycles. The second-order valence-corrected chi connectivity index (χ2v) is 8.41. The van der Waals surface area contributed by atoms with Crippen molar-refractivity contribution in [1.29, 1.82) is 0 Å². The van der Waals surface area contributed by atoms with Crippen molar-refractivity contribution in [2.45, 2.75) is 25.3 Å². The molecule has 7 nitrogen and oxygen atoms in total. The number of nitrogens with one attached hydrogen (secondary N) is 2. The van der Waals surface area contributed by atoms with Gasteiger partial charge >= 0.3 is 0 Å². The van der Waals surface area contributed by atoms with Gasteiger partial charge in [0.05, 0.1) is 0 Å². The number of amides is 1. The highest BCUT2D eigenvalue weighted by atomic mass is 16.4. The van der Waals surface area contributed by atoms with Crippen LogP contribution in [0.3, 0.4) is 0 Å². The van der Waals surface area contributed by atoms with Crippen LogP contribution in [-0.4, -0.2) is 49.2 Å². The molecule has 1 amide bonds. The number of anilines is 1. The Kier molecular flexibility index (Phi) is 4.72. The summed E-state index contributed by atoms with van der Waals surface area (Å²) in [4.78, 5) is 18.9. The summed E-state index contributed by atoms with van der Waals surface area (Å²) in [5.41, 5.74) is 10.1. The molecule has 5 rings (SSSR count). The number of hydrogen-bond acceptors (Lipinski definition) is 6. The molecule has 30 heavy (non-hydrogen) atoms. The van der Waals surface area contributed by atoms with Gasteiger partial charge in [0.1, 0.15) is 0 Å². The van der Waals surface area contributed by atoms with E-state index in [1.54, 1.807) is 0 Å². The van der Waals surface area contributed by atoms with Crippen molar-refractivity contribution >= 4 is 17.2 Å². The molecule has 2 saturated heterocycles. The average Bonchev–Trinajstić information content (AvgIpc) is 3.38. The van der Waals surface area contributed by atoms with Crippen LogP contribution in [-0.2, 0) is 0 Å². The number of aromatic nitrogens is 1. The van der Waals surface area contributed by atoms with Crippen molar-refractivity contribution in [3.63, 3.8) is 0 Å². The number of nitrogens with two attached hydrogens (primary N) is 1. The van der Waals surface area contributed by atoms with Crippen LogP contribution in [0.5, 0.6) is 0 Å². The van der Waals surface area contributed by atoms with E-state index in [1.807, 2.05) is 12.1 Å². The van der Waals surface area contributed by atoms with Crippen LogP contribution in [0.15, 0.2) is 46.4 Å². The molecular weight excluding hydrogens is 378 g/mol. The van der Waals surface area contributed by atoms with Gasteiger partial charge in [-0.1, -0.05) is 12.2 Å². The maximum absolute atomic E-state index is 12.1. The van der Waals surface area contributed by atoms with Gasteiger partial charge < -0.3 is 25.7 Å². The Hall–Kier alpha value is -2.90. The summed E-state index contributed by atoms with van der Waals surface area (Å²) in [7, 11) is 0. The maximum Gasteiger partial charge on any atom is 0.271 e. The molecule has 2 aliphatic heterocycles. The summed E-state index contributed by atoms with van der Waals surface area (Å²) < 4.78 is 6.12. The zero-order chi connectivity index (χ0) is 20.7. The Morgan fingerprint density at radius 2 is 1.93 bits per heavy atom. The lowest BCUT2D eigenvalue weighted by Gasteiger charge is -2.29. The van der Waals surface area contributed by atoms with Crippen LogP contribution in [0.1, 0.15) is 36.1 Å². The predicted molar refractivity (Wildman–Crippen MR) is 117 cm³/mol. The normalized spacial score (nSPS) is 23.7. The number of allylic oxidation sites excluding steroid dienone is 2. The fraction of sp³-hybridized carbons (Fsp3) is 0.391. The second kappa shape index (κ2) is 7.41. The third-order valence-electron chi connectivity index (χ3n) is 6.39. The largest absolute Gasteiger partial charge is 0.436 e. The number of piperazine rings is 1. The van der Waals surface area contributed by atoms with Gasteiger partial charge in [-0.25, -0.2) is 4.98 Å². The number of benzene rings is 1.